The minimum absolute atomic E-state index is 0.648. The van der Waals surface area contributed by atoms with Gasteiger partial charge in [0.25, 0.3) is 0 Å². The quantitative estimate of drug-likeness (QED) is 0.906. The summed E-state index contributed by atoms with van der Waals surface area (Å²) in [7, 11) is 0. The molecule has 0 atom stereocenters. The highest BCUT2D eigenvalue weighted by molar-refractivity contribution is 9.10. The van der Waals surface area contributed by atoms with Gasteiger partial charge in [0.1, 0.15) is 13.2 Å². The summed E-state index contributed by atoms with van der Waals surface area (Å²) in [5.41, 5.74) is 2.62. The van der Waals surface area contributed by atoms with Crippen LogP contribution in [0.5, 0.6) is 11.5 Å². The van der Waals surface area contributed by atoms with Gasteiger partial charge in [-0.05, 0) is 56.8 Å². The van der Waals surface area contributed by atoms with Crippen LogP contribution in [0, 0.1) is 12.8 Å². The van der Waals surface area contributed by atoms with Gasteiger partial charge in [-0.3, -0.25) is 0 Å². The molecule has 0 amide bonds. The molecule has 2 aliphatic heterocycles. The maximum Gasteiger partial charge on any atom is 0.164 e. The number of fused-ring (bicyclic) bond motifs is 1. The molecule has 1 fully saturated rings. The van der Waals surface area contributed by atoms with E-state index in [1.807, 2.05) is 6.07 Å². The molecule has 4 heteroatoms. The second kappa shape index (κ2) is 5.71. The van der Waals surface area contributed by atoms with Crippen molar-refractivity contribution in [1.82, 2.24) is 5.32 Å². The van der Waals surface area contributed by atoms with Gasteiger partial charge in [0.05, 0.1) is 0 Å². The predicted octanol–water partition coefficient (Wildman–Crippen LogP) is 3.07. The molecular weight excluding hydrogens is 306 g/mol. The van der Waals surface area contributed by atoms with Gasteiger partial charge in [0.2, 0.25) is 0 Å². The third-order valence-corrected chi connectivity index (χ3v) is 4.93. The lowest BCUT2D eigenvalue weighted by atomic mass is 9.88. The van der Waals surface area contributed by atoms with Crippen LogP contribution in [0.3, 0.4) is 0 Å². The van der Waals surface area contributed by atoms with Crippen LogP contribution in [0.1, 0.15) is 24.0 Å². The zero-order valence-corrected chi connectivity index (χ0v) is 12.9. The van der Waals surface area contributed by atoms with Crippen LogP contribution in [0.25, 0.3) is 0 Å². The van der Waals surface area contributed by atoms with Crippen molar-refractivity contribution in [3.63, 3.8) is 0 Å². The average molecular weight is 326 g/mol. The van der Waals surface area contributed by atoms with Crippen LogP contribution in [-0.4, -0.2) is 26.3 Å². The lowest BCUT2D eigenvalue weighted by Crippen LogP contribution is -2.29. The van der Waals surface area contributed by atoms with Crippen LogP contribution in [0.15, 0.2) is 10.5 Å². The topological polar surface area (TPSA) is 30.5 Å². The van der Waals surface area contributed by atoms with Gasteiger partial charge in [0.15, 0.2) is 11.5 Å². The summed E-state index contributed by atoms with van der Waals surface area (Å²) < 4.78 is 12.7. The Bertz CT molecular complexity index is 470. The molecule has 3 nitrogen and oxygen atoms in total. The second-order valence-electron chi connectivity index (χ2n) is 5.38. The van der Waals surface area contributed by atoms with E-state index in [1.165, 1.54) is 24.0 Å². The van der Waals surface area contributed by atoms with Gasteiger partial charge in [-0.1, -0.05) is 15.9 Å². The molecule has 1 N–H and O–H groups in total. The Morgan fingerprint density at radius 1 is 1.26 bits per heavy atom. The molecule has 19 heavy (non-hydrogen) atoms. The van der Waals surface area contributed by atoms with Gasteiger partial charge in [-0.15, -0.1) is 0 Å². The molecule has 0 radical (unpaired) electrons. The second-order valence-corrected chi connectivity index (χ2v) is 6.24. The first-order chi connectivity index (χ1) is 9.25. The van der Waals surface area contributed by atoms with Gasteiger partial charge >= 0.3 is 0 Å². The average Bonchev–Trinajstić information content (AvgIpc) is 2.45. The van der Waals surface area contributed by atoms with Crippen molar-refractivity contribution in [2.45, 2.75) is 26.2 Å². The predicted molar refractivity (Wildman–Crippen MR) is 79.2 cm³/mol. The van der Waals surface area contributed by atoms with E-state index in [9.17, 15) is 0 Å². The van der Waals surface area contributed by atoms with E-state index in [1.54, 1.807) is 0 Å². The van der Waals surface area contributed by atoms with E-state index in [0.29, 0.717) is 13.2 Å². The molecule has 1 saturated heterocycles. The maximum atomic E-state index is 5.87. The summed E-state index contributed by atoms with van der Waals surface area (Å²) in [6.45, 7) is 5.75. The molecular formula is C15H20BrNO2. The van der Waals surface area contributed by atoms with Crippen molar-refractivity contribution in [1.29, 1.82) is 0 Å². The molecule has 0 saturated carbocycles. The van der Waals surface area contributed by atoms with Crippen LogP contribution < -0.4 is 14.8 Å². The molecule has 1 aromatic carbocycles. The first kappa shape index (κ1) is 13.3. The number of benzene rings is 1. The summed E-state index contributed by atoms with van der Waals surface area (Å²) >= 11 is 3.64. The number of hydrogen-bond donors (Lipinski definition) is 1. The number of nitrogens with one attached hydrogen (secondary N) is 1. The fraction of sp³-hybridized carbons (Fsp3) is 0.600. The van der Waals surface area contributed by atoms with Crippen LogP contribution in [-0.2, 0) is 6.42 Å². The molecule has 0 unspecified atom stereocenters. The standard InChI is InChI=1S/C15H20BrNO2/c1-10-12(8-11-2-4-17-5-3-11)15-14(9-13(10)16)18-6-7-19-15/h9,11,17H,2-8H2,1H3. The van der Waals surface area contributed by atoms with Crippen LogP contribution in [0.2, 0.25) is 0 Å². The molecule has 2 aliphatic rings. The Morgan fingerprint density at radius 2 is 2.00 bits per heavy atom. The van der Waals surface area contributed by atoms with E-state index in [0.717, 1.165) is 41.4 Å². The van der Waals surface area contributed by atoms with Crippen LogP contribution >= 0.6 is 15.9 Å². The molecule has 0 bridgehead atoms. The van der Waals surface area contributed by atoms with E-state index in [2.05, 4.69) is 28.2 Å². The van der Waals surface area contributed by atoms with Crippen molar-refractivity contribution in [2.75, 3.05) is 26.3 Å². The minimum Gasteiger partial charge on any atom is -0.486 e. The number of hydrogen-bond acceptors (Lipinski definition) is 3. The molecule has 104 valence electrons. The van der Waals surface area contributed by atoms with Crippen molar-refractivity contribution >= 4 is 15.9 Å². The van der Waals surface area contributed by atoms with Gasteiger partial charge in [-0.25, -0.2) is 0 Å². The molecule has 0 aromatic heterocycles. The summed E-state index contributed by atoms with van der Waals surface area (Å²) in [5.74, 6) is 2.63. The normalized spacial score (nSPS) is 19.5. The summed E-state index contributed by atoms with van der Waals surface area (Å²) in [6.07, 6.45) is 3.60. The summed E-state index contributed by atoms with van der Waals surface area (Å²) in [6, 6.07) is 2.04. The van der Waals surface area contributed by atoms with Crippen molar-refractivity contribution in [3.8, 4) is 11.5 Å². The van der Waals surface area contributed by atoms with Gasteiger partial charge < -0.3 is 14.8 Å². The summed E-state index contributed by atoms with van der Waals surface area (Å²) in [5, 5.41) is 3.42. The Labute approximate surface area is 122 Å². The van der Waals surface area contributed by atoms with Crippen LogP contribution in [0.4, 0.5) is 0 Å². The van der Waals surface area contributed by atoms with E-state index in [-0.39, 0.29) is 0 Å². The number of ether oxygens (including phenoxy) is 2. The summed E-state index contributed by atoms with van der Waals surface area (Å²) in [4.78, 5) is 0. The number of piperidine rings is 1. The van der Waals surface area contributed by atoms with E-state index < -0.39 is 0 Å². The van der Waals surface area contributed by atoms with Crippen molar-refractivity contribution in [3.05, 3.63) is 21.7 Å². The molecule has 0 spiro atoms. The maximum absolute atomic E-state index is 5.87. The first-order valence-corrected chi connectivity index (χ1v) is 7.83. The Balaban J connectivity index is 1.91. The third-order valence-electron chi connectivity index (χ3n) is 4.11. The van der Waals surface area contributed by atoms with E-state index in [4.69, 9.17) is 9.47 Å². The lowest BCUT2D eigenvalue weighted by molar-refractivity contribution is 0.168. The molecule has 1 aromatic rings. The zero-order valence-electron chi connectivity index (χ0n) is 11.3. The molecule has 3 rings (SSSR count). The Hall–Kier alpha value is -0.740. The third kappa shape index (κ3) is 2.75. The lowest BCUT2D eigenvalue weighted by Gasteiger charge is -2.27. The fourth-order valence-corrected chi connectivity index (χ4v) is 3.38. The highest BCUT2D eigenvalue weighted by Crippen LogP contribution is 2.41. The molecule has 2 heterocycles. The molecule has 0 aliphatic carbocycles. The first-order valence-electron chi connectivity index (χ1n) is 7.04. The fourth-order valence-electron chi connectivity index (χ4n) is 2.93. The monoisotopic (exact) mass is 325 g/mol. The Kier molecular flexibility index (Phi) is 3.99. The highest BCUT2D eigenvalue weighted by atomic mass is 79.9. The SMILES string of the molecule is Cc1c(Br)cc2c(c1CC1CCNCC1)OCCO2. The van der Waals surface area contributed by atoms with E-state index >= 15 is 0 Å². The van der Waals surface area contributed by atoms with Crippen molar-refractivity contribution < 1.29 is 9.47 Å². The Morgan fingerprint density at radius 3 is 2.79 bits per heavy atom. The smallest absolute Gasteiger partial charge is 0.164 e. The number of rotatable bonds is 2. The largest absolute Gasteiger partial charge is 0.486 e. The highest BCUT2D eigenvalue weighted by Gasteiger charge is 2.23. The van der Waals surface area contributed by atoms with Gasteiger partial charge in [-0.2, -0.15) is 0 Å². The minimum atomic E-state index is 0.648. The van der Waals surface area contributed by atoms with Gasteiger partial charge in [0, 0.05) is 10.0 Å². The van der Waals surface area contributed by atoms with Crippen molar-refractivity contribution in [2.24, 2.45) is 5.92 Å². The zero-order chi connectivity index (χ0) is 13.2. The number of halogens is 1.